The first kappa shape index (κ1) is 23.2. The molecule has 1 aliphatic carbocycles. The largest absolute Gasteiger partial charge is 0.351 e. The third-order valence-electron chi connectivity index (χ3n) is 7.36. The maximum atomic E-state index is 12.9. The lowest BCUT2D eigenvalue weighted by molar-refractivity contribution is 0.0779. The van der Waals surface area contributed by atoms with Crippen LogP contribution in [-0.4, -0.2) is 70.8 Å². The fourth-order valence-corrected chi connectivity index (χ4v) is 6.79. The minimum atomic E-state index is -0.0694. The molecule has 6 nitrogen and oxygen atoms in total. The summed E-state index contributed by atoms with van der Waals surface area (Å²) >= 11 is 7.98. The van der Waals surface area contributed by atoms with E-state index in [9.17, 15) is 4.79 Å². The number of hydrogen-bond acceptors (Lipinski definition) is 5. The highest BCUT2D eigenvalue weighted by atomic mass is 35.5. The highest BCUT2D eigenvalue weighted by Gasteiger charge is 2.28. The van der Waals surface area contributed by atoms with Gasteiger partial charge < -0.3 is 10.2 Å². The van der Waals surface area contributed by atoms with E-state index in [1.807, 2.05) is 29.9 Å². The highest BCUT2D eigenvalue weighted by Crippen LogP contribution is 2.43. The number of carbonyl (C=O) groups excluding carboxylic acids is 1. The summed E-state index contributed by atoms with van der Waals surface area (Å²) in [6.07, 6.45) is 7.98. The van der Waals surface area contributed by atoms with Gasteiger partial charge in [0.25, 0.3) is 5.91 Å². The predicted molar refractivity (Wildman–Crippen MR) is 135 cm³/mol. The number of amides is 1. The van der Waals surface area contributed by atoms with Gasteiger partial charge in [0, 0.05) is 72.6 Å². The van der Waals surface area contributed by atoms with Gasteiger partial charge in [-0.1, -0.05) is 30.9 Å². The first-order valence-corrected chi connectivity index (χ1v) is 13.7. The number of halogens is 1. The lowest BCUT2D eigenvalue weighted by Crippen LogP contribution is -2.51. The summed E-state index contributed by atoms with van der Waals surface area (Å²) in [6.45, 7) is 6.42. The van der Waals surface area contributed by atoms with Gasteiger partial charge in [0.1, 0.15) is 0 Å². The number of aromatic nitrogens is 2. The van der Waals surface area contributed by atoms with Crippen molar-refractivity contribution in [1.29, 1.82) is 0 Å². The topological polar surface area (TPSA) is 53.4 Å². The van der Waals surface area contributed by atoms with Gasteiger partial charge in [-0.15, -0.1) is 11.8 Å². The molecule has 8 heteroatoms. The van der Waals surface area contributed by atoms with E-state index >= 15 is 0 Å². The number of thioether (sulfide) groups is 1. The summed E-state index contributed by atoms with van der Waals surface area (Å²) in [5.41, 5.74) is 3.63. The van der Waals surface area contributed by atoms with Gasteiger partial charge >= 0.3 is 0 Å². The molecule has 1 aromatic heterocycles. The maximum Gasteiger partial charge on any atom is 0.272 e. The summed E-state index contributed by atoms with van der Waals surface area (Å²) in [6, 6.07) is 6.76. The van der Waals surface area contributed by atoms with Gasteiger partial charge in [-0.05, 0) is 44.0 Å². The van der Waals surface area contributed by atoms with Crippen molar-refractivity contribution in [2.75, 3.05) is 39.3 Å². The number of aryl methyl sites for hydroxylation is 1. The fraction of sp³-hybridized carbons (Fsp3) is 0.600. The molecule has 1 aromatic carbocycles. The van der Waals surface area contributed by atoms with Crippen LogP contribution in [0.3, 0.4) is 0 Å². The minimum Gasteiger partial charge on any atom is -0.351 e. The SMILES string of the molecule is Cn1nc(C(=O)NCCCN2CCN(C3CCCCC3)CC2)c2c1-c1cc(Cl)ccc1SC2. The number of piperazine rings is 1. The Morgan fingerprint density at radius 3 is 2.76 bits per heavy atom. The Kier molecular flexibility index (Phi) is 7.30. The summed E-state index contributed by atoms with van der Waals surface area (Å²) in [7, 11) is 1.91. The molecule has 2 aliphatic heterocycles. The normalized spacial score (nSPS) is 19.8. The first-order valence-electron chi connectivity index (χ1n) is 12.3. The van der Waals surface area contributed by atoms with Crippen LogP contribution in [0.4, 0.5) is 0 Å². The van der Waals surface area contributed by atoms with E-state index < -0.39 is 0 Å². The molecule has 1 amide bonds. The maximum absolute atomic E-state index is 12.9. The minimum absolute atomic E-state index is 0.0694. The molecule has 0 radical (unpaired) electrons. The molecule has 0 spiro atoms. The molecular formula is C25H34ClN5OS. The van der Waals surface area contributed by atoms with Crippen LogP contribution in [0.1, 0.15) is 54.6 Å². The fourth-order valence-electron chi connectivity index (χ4n) is 5.57. The van der Waals surface area contributed by atoms with E-state index in [0.29, 0.717) is 17.3 Å². The Balaban J connectivity index is 1.11. The number of hydrogen-bond donors (Lipinski definition) is 1. The van der Waals surface area contributed by atoms with Crippen LogP contribution in [0.15, 0.2) is 23.1 Å². The third kappa shape index (κ3) is 5.11. The van der Waals surface area contributed by atoms with Gasteiger partial charge in [-0.25, -0.2) is 0 Å². The van der Waals surface area contributed by atoms with E-state index in [1.54, 1.807) is 11.8 Å². The highest BCUT2D eigenvalue weighted by molar-refractivity contribution is 7.98. The zero-order valence-corrected chi connectivity index (χ0v) is 21.1. The second-order valence-corrected chi connectivity index (χ2v) is 11.0. The molecular weight excluding hydrogens is 454 g/mol. The van der Waals surface area contributed by atoms with Gasteiger partial charge in [0.05, 0.1) is 5.69 Å². The molecule has 1 saturated heterocycles. The van der Waals surface area contributed by atoms with E-state index in [1.165, 1.54) is 50.1 Å². The Hall–Kier alpha value is -1.54. The van der Waals surface area contributed by atoms with Crippen molar-refractivity contribution in [2.45, 2.75) is 55.2 Å². The van der Waals surface area contributed by atoms with Crippen molar-refractivity contribution >= 4 is 29.3 Å². The number of nitrogens with zero attached hydrogens (tertiary/aromatic N) is 4. The molecule has 5 rings (SSSR count). The van der Waals surface area contributed by atoms with Crippen molar-refractivity contribution in [3.8, 4) is 11.3 Å². The van der Waals surface area contributed by atoms with Crippen LogP contribution in [-0.2, 0) is 12.8 Å². The number of benzene rings is 1. The van der Waals surface area contributed by atoms with Crippen LogP contribution in [0.25, 0.3) is 11.3 Å². The molecule has 0 bridgehead atoms. The number of carbonyl (C=O) groups is 1. The van der Waals surface area contributed by atoms with Gasteiger partial charge in [-0.2, -0.15) is 5.10 Å². The average molecular weight is 488 g/mol. The van der Waals surface area contributed by atoms with Crippen LogP contribution in [0, 0.1) is 0 Å². The molecule has 1 N–H and O–H groups in total. The smallest absolute Gasteiger partial charge is 0.272 e. The molecule has 1 saturated carbocycles. The summed E-state index contributed by atoms with van der Waals surface area (Å²) in [4.78, 5) is 19.4. The van der Waals surface area contributed by atoms with Crippen LogP contribution < -0.4 is 5.32 Å². The monoisotopic (exact) mass is 487 g/mol. The summed E-state index contributed by atoms with van der Waals surface area (Å²) in [5.74, 6) is 0.686. The van der Waals surface area contributed by atoms with E-state index in [-0.39, 0.29) is 5.91 Å². The second-order valence-electron chi connectivity index (χ2n) is 9.51. The van der Waals surface area contributed by atoms with E-state index in [0.717, 1.165) is 54.7 Å². The molecule has 3 aliphatic rings. The Morgan fingerprint density at radius 2 is 1.97 bits per heavy atom. The Morgan fingerprint density at radius 1 is 1.18 bits per heavy atom. The Labute approximate surface area is 206 Å². The quantitative estimate of drug-likeness (QED) is 0.611. The van der Waals surface area contributed by atoms with Gasteiger partial charge in [-0.3, -0.25) is 14.4 Å². The molecule has 0 unspecified atom stereocenters. The van der Waals surface area contributed by atoms with E-state index in [4.69, 9.17) is 11.6 Å². The third-order valence-corrected chi connectivity index (χ3v) is 8.70. The zero-order chi connectivity index (χ0) is 22.8. The molecule has 2 aromatic rings. The lowest BCUT2D eigenvalue weighted by atomic mass is 9.94. The average Bonchev–Trinajstić information content (AvgIpc) is 3.19. The summed E-state index contributed by atoms with van der Waals surface area (Å²) in [5, 5.41) is 8.39. The molecule has 0 atom stereocenters. The van der Waals surface area contributed by atoms with Crippen molar-refractivity contribution in [1.82, 2.24) is 24.9 Å². The lowest BCUT2D eigenvalue weighted by Gasteiger charge is -2.40. The van der Waals surface area contributed by atoms with Crippen LogP contribution >= 0.6 is 23.4 Å². The van der Waals surface area contributed by atoms with Crippen molar-refractivity contribution in [3.63, 3.8) is 0 Å². The Bertz CT molecular complexity index is 995. The van der Waals surface area contributed by atoms with Gasteiger partial charge in [0.2, 0.25) is 0 Å². The molecule has 178 valence electrons. The molecule has 3 heterocycles. The predicted octanol–water partition coefficient (Wildman–Crippen LogP) is 4.42. The second kappa shape index (κ2) is 10.4. The number of nitrogens with one attached hydrogen (secondary N) is 1. The van der Waals surface area contributed by atoms with Gasteiger partial charge in [0.15, 0.2) is 5.69 Å². The van der Waals surface area contributed by atoms with E-state index in [2.05, 4.69) is 20.2 Å². The standard InChI is InChI=1S/C25H34ClN5OS/c1-29-24-20-16-18(26)8-9-22(20)33-17-21(24)23(28-29)25(32)27-10-5-11-30-12-14-31(15-13-30)19-6-3-2-4-7-19/h8-9,16,19H,2-7,10-15,17H2,1H3,(H,27,32). The van der Waals surface area contributed by atoms with Crippen LogP contribution in [0.5, 0.6) is 0 Å². The first-order chi connectivity index (χ1) is 16.1. The number of rotatable bonds is 6. The van der Waals surface area contributed by atoms with Crippen molar-refractivity contribution in [2.24, 2.45) is 7.05 Å². The number of fused-ring (bicyclic) bond motifs is 3. The molecule has 33 heavy (non-hydrogen) atoms. The van der Waals surface area contributed by atoms with Crippen LogP contribution in [0.2, 0.25) is 5.02 Å². The zero-order valence-electron chi connectivity index (χ0n) is 19.5. The molecule has 2 fully saturated rings. The summed E-state index contributed by atoms with van der Waals surface area (Å²) < 4.78 is 1.82. The van der Waals surface area contributed by atoms with Crippen molar-refractivity contribution < 1.29 is 4.79 Å². The van der Waals surface area contributed by atoms with Crippen molar-refractivity contribution in [3.05, 3.63) is 34.5 Å².